The highest BCUT2D eigenvalue weighted by Gasteiger charge is 1.94. The van der Waals surface area contributed by atoms with Crippen LogP contribution in [0.4, 0.5) is 0 Å². The standard InChI is InChI=1S/C7H11NO2.2C2H6/c1-3-4-7(10)8-5-6(2)9;2*1-2/h3-4H,5H2,1-2H3,(H,8,10);2*1-2H3/b4-3-;;. The third-order valence-corrected chi connectivity index (χ3v) is 0.830. The van der Waals surface area contributed by atoms with Gasteiger partial charge < -0.3 is 5.32 Å². The highest BCUT2D eigenvalue weighted by Crippen LogP contribution is 1.71. The predicted molar refractivity (Wildman–Crippen MR) is 61.2 cm³/mol. The first-order valence-corrected chi connectivity index (χ1v) is 5.06. The molecule has 0 spiro atoms. The van der Waals surface area contributed by atoms with Crippen molar-refractivity contribution in [1.82, 2.24) is 5.32 Å². The Hall–Kier alpha value is -1.12. The Balaban J connectivity index is -0.000000266. The number of carbonyl (C=O) groups is 2. The lowest BCUT2D eigenvalue weighted by atomic mass is 10.4. The minimum absolute atomic E-state index is 0.0437. The van der Waals surface area contributed by atoms with Crippen LogP contribution in [0.15, 0.2) is 12.2 Å². The number of Topliss-reactive ketones (excluding diaryl/α,β-unsaturated/α-hetero) is 1. The maximum absolute atomic E-state index is 10.6. The molecule has 0 radical (unpaired) electrons. The van der Waals surface area contributed by atoms with Gasteiger partial charge in [0.05, 0.1) is 6.54 Å². The van der Waals surface area contributed by atoms with Gasteiger partial charge in [-0.25, -0.2) is 0 Å². The number of allylic oxidation sites excluding steroid dienone is 1. The summed E-state index contributed by atoms with van der Waals surface area (Å²) in [5.41, 5.74) is 0. The average Bonchev–Trinajstić information content (AvgIpc) is 2.21. The maximum atomic E-state index is 10.6. The molecule has 0 heterocycles. The summed E-state index contributed by atoms with van der Waals surface area (Å²) < 4.78 is 0. The van der Waals surface area contributed by atoms with E-state index < -0.39 is 0 Å². The van der Waals surface area contributed by atoms with Crippen LogP contribution < -0.4 is 5.32 Å². The third-order valence-electron chi connectivity index (χ3n) is 0.830. The summed E-state index contributed by atoms with van der Waals surface area (Å²) >= 11 is 0. The van der Waals surface area contributed by atoms with Crippen LogP contribution in [0.25, 0.3) is 0 Å². The monoisotopic (exact) mass is 201 g/mol. The lowest BCUT2D eigenvalue weighted by Gasteiger charge is -1.95. The van der Waals surface area contributed by atoms with Crippen molar-refractivity contribution in [2.45, 2.75) is 41.5 Å². The number of amides is 1. The van der Waals surface area contributed by atoms with Crippen LogP contribution in [0.2, 0.25) is 0 Å². The summed E-state index contributed by atoms with van der Waals surface area (Å²) in [4.78, 5) is 20.9. The maximum Gasteiger partial charge on any atom is 0.244 e. The molecule has 0 aromatic carbocycles. The second-order valence-corrected chi connectivity index (χ2v) is 1.92. The second-order valence-electron chi connectivity index (χ2n) is 1.92. The van der Waals surface area contributed by atoms with Crippen molar-refractivity contribution < 1.29 is 9.59 Å². The van der Waals surface area contributed by atoms with Gasteiger partial charge in [-0.1, -0.05) is 33.8 Å². The highest BCUT2D eigenvalue weighted by molar-refractivity contribution is 5.90. The Morgan fingerprint density at radius 1 is 1.14 bits per heavy atom. The van der Waals surface area contributed by atoms with Crippen LogP contribution in [0, 0.1) is 0 Å². The molecular weight excluding hydrogens is 178 g/mol. The van der Waals surface area contributed by atoms with Crippen LogP contribution >= 0.6 is 0 Å². The topological polar surface area (TPSA) is 46.2 Å². The summed E-state index contributed by atoms with van der Waals surface area (Å²) in [5, 5.41) is 2.41. The molecule has 0 bridgehead atoms. The van der Waals surface area contributed by atoms with E-state index in [-0.39, 0.29) is 18.2 Å². The molecule has 0 saturated carbocycles. The smallest absolute Gasteiger partial charge is 0.244 e. The highest BCUT2D eigenvalue weighted by atomic mass is 16.2. The van der Waals surface area contributed by atoms with E-state index in [0.717, 1.165) is 0 Å². The zero-order chi connectivity index (χ0) is 12.0. The van der Waals surface area contributed by atoms with E-state index in [1.54, 1.807) is 13.0 Å². The van der Waals surface area contributed by atoms with E-state index in [0.29, 0.717) is 0 Å². The van der Waals surface area contributed by atoms with Crippen LogP contribution in [0.3, 0.4) is 0 Å². The molecule has 3 nitrogen and oxygen atoms in total. The zero-order valence-corrected chi connectivity index (χ0v) is 10.2. The number of ketones is 1. The van der Waals surface area contributed by atoms with E-state index in [1.165, 1.54) is 13.0 Å². The van der Waals surface area contributed by atoms with Crippen molar-refractivity contribution in [2.24, 2.45) is 0 Å². The fourth-order valence-corrected chi connectivity index (χ4v) is 0.422. The normalized spacial score (nSPS) is 7.86. The van der Waals surface area contributed by atoms with E-state index in [1.807, 2.05) is 27.7 Å². The number of rotatable bonds is 3. The fraction of sp³-hybridized carbons (Fsp3) is 0.636. The van der Waals surface area contributed by atoms with Gasteiger partial charge in [0.25, 0.3) is 0 Å². The Morgan fingerprint density at radius 3 is 1.86 bits per heavy atom. The molecule has 14 heavy (non-hydrogen) atoms. The Bertz CT molecular complexity index is 163. The molecule has 3 heteroatoms. The Kier molecular flexibility index (Phi) is 23.7. The summed E-state index contributed by atoms with van der Waals surface area (Å²) in [7, 11) is 0. The van der Waals surface area contributed by atoms with Crippen LogP contribution in [-0.4, -0.2) is 18.2 Å². The SMILES string of the molecule is C/C=C\C(=O)NCC(C)=O.CC.CC. The van der Waals surface area contributed by atoms with Gasteiger partial charge >= 0.3 is 0 Å². The molecule has 1 N–H and O–H groups in total. The molecule has 0 rings (SSSR count). The molecule has 0 aromatic rings. The summed E-state index contributed by atoms with van der Waals surface area (Å²) in [6.07, 6.45) is 3.00. The van der Waals surface area contributed by atoms with Gasteiger partial charge in [0.1, 0.15) is 5.78 Å². The van der Waals surface area contributed by atoms with E-state index in [2.05, 4.69) is 5.32 Å². The summed E-state index contributed by atoms with van der Waals surface area (Å²) in [5.74, 6) is -0.268. The Labute approximate surface area is 87.6 Å². The summed E-state index contributed by atoms with van der Waals surface area (Å²) in [6, 6.07) is 0. The molecule has 0 aromatic heterocycles. The molecular formula is C11H23NO2. The van der Waals surface area contributed by atoms with Gasteiger partial charge in [-0.2, -0.15) is 0 Å². The lowest BCUT2D eigenvalue weighted by molar-refractivity contribution is -0.121. The van der Waals surface area contributed by atoms with Crippen LogP contribution in [0.5, 0.6) is 0 Å². The molecule has 1 amide bonds. The second kappa shape index (κ2) is 17.8. The largest absolute Gasteiger partial charge is 0.345 e. The number of nitrogens with one attached hydrogen (secondary N) is 1. The van der Waals surface area contributed by atoms with Gasteiger partial charge in [0.2, 0.25) is 5.91 Å². The Morgan fingerprint density at radius 2 is 1.57 bits per heavy atom. The molecule has 0 aliphatic rings. The van der Waals surface area contributed by atoms with Crippen molar-refractivity contribution in [3.63, 3.8) is 0 Å². The predicted octanol–water partition coefficient (Wildman–Crippen LogP) is 2.32. The van der Waals surface area contributed by atoms with Gasteiger partial charge in [-0.05, 0) is 19.9 Å². The van der Waals surface area contributed by atoms with Crippen LogP contribution in [0.1, 0.15) is 41.5 Å². The molecule has 0 saturated heterocycles. The van der Waals surface area contributed by atoms with Crippen LogP contribution in [-0.2, 0) is 9.59 Å². The first-order chi connectivity index (χ1) is 6.66. The van der Waals surface area contributed by atoms with E-state index in [9.17, 15) is 9.59 Å². The summed E-state index contributed by atoms with van der Waals surface area (Å²) in [6.45, 7) is 11.3. The fourth-order valence-electron chi connectivity index (χ4n) is 0.422. The van der Waals surface area contributed by atoms with E-state index in [4.69, 9.17) is 0 Å². The molecule has 0 atom stereocenters. The molecule has 0 aliphatic carbocycles. The van der Waals surface area contributed by atoms with Gasteiger partial charge in [-0.3, -0.25) is 9.59 Å². The van der Waals surface area contributed by atoms with Crippen molar-refractivity contribution >= 4 is 11.7 Å². The lowest BCUT2D eigenvalue weighted by Crippen LogP contribution is -2.26. The van der Waals surface area contributed by atoms with E-state index >= 15 is 0 Å². The first kappa shape index (κ1) is 18.6. The molecule has 84 valence electrons. The van der Waals surface area contributed by atoms with Crippen molar-refractivity contribution in [3.05, 3.63) is 12.2 Å². The number of hydrogen-bond acceptors (Lipinski definition) is 2. The quantitative estimate of drug-likeness (QED) is 0.712. The third kappa shape index (κ3) is 22.4. The number of carbonyl (C=O) groups excluding carboxylic acids is 2. The minimum Gasteiger partial charge on any atom is -0.345 e. The first-order valence-electron chi connectivity index (χ1n) is 5.06. The van der Waals surface area contributed by atoms with Gasteiger partial charge in [0.15, 0.2) is 0 Å². The van der Waals surface area contributed by atoms with Gasteiger partial charge in [0, 0.05) is 0 Å². The average molecular weight is 201 g/mol. The van der Waals surface area contributed by atoms with Crippen molar-refractivity contribution in [3.8, 4) is 0 Å². The zero-order valence-electron chi connectivity index (χ0n) is 10.2. The molecule has 0 unspecified atom stereocenters. The van der Waals surface area contributed by atoms with Gasteiger partial charge in [-0.15, -0.1) is 0 Å². The molecule has 0 aliphatic heterocycles. The number of hydrogen-bond donors (Lipinski definition) is 1. The van der Waals surface area contributed by atoms with Crippen molar-refractivity contribution in [1.29, 1.82) is 0 Å². The minimum atomic E-state index is -0.224. The molecule has 0 fully saturated rings. The van der Waals surface area contributed by atoms with Crippen molar-refractivity contribution in [2.75, 3.05) is 6.54 Å².